The van der Waals surface area contributed by atoms with Crippen LogP contribution in [0.15, 0.2) is 54.6 Å². The molecule has 0 N–H and O–H groups in total. The predicted octanol–water partition coefficient (Wildman–Crippen LogP) is 4.71. The second-order valence-corrected chi connectivity index (χ2v) is 7.28. The number of carbonyl (C=O) groups is 1. The summed E-state index contributed by atoms with van der Waals surface area (Å²) >= 11 is 1.43. The van der Waals surface area contributed by atoms with Crippen LogP contribution >= 0.6 is 11.3 Å². The molecular weight excluding hydrogens is 374 g/mol. The van der Waals surface area contributed by atoms with Crippen molar-refractivity contribution in [1.82, 2.24) is 4.90 Å². The van der Waals surface area contributed by atoms with Crippen LogP contribution in [0.25, 0.3) is 10.4 Å². The normalized spacial score (nSPS) is 10.4. The predicted molar refractivity (Wildman–Crippen MR) is 112 cm³/mol. The Morgan fingerprint density at radius 3 is 2.25 bits per heavy atom. The Labute approximate surface area is 169 Å². The van der Waals surface area contributed by atoms with Crippen molar-refractivity contribution in [3.63, 3.8) is 0 Å². The van der Waals surface area contributed by atoms with Crippen molar-refractivity contribution in [1.29, 1.82) is 0 Å². The first-order valence-corrected chi connectivity index (χ1v) is 9.59. The summed E-state index contributed by atoms with van der Waals surface area (Å²) in [7, 11) is 6.56. The fourth-order valence-electron chi connectivity index (χ4n) is 3.01. The lowest BCUT2D eigenvalue weighted by Crippen LogP contribution is -2.25. The minimum Gasteiger partial charge on any atom is -0.493 e. The van der Waals surface area contributed by atoms with Gasteiger partial charge in [-0.3, -0.25) is 4.79 Å². The minimum absolute atomic E-state index is 0.0143. The van der Waals surface area contributed by atoms with Crippen LogP contribution in [0.2, 0.25) is 0 Å². The first-order valence-electron chi connectivity index (χ1n) is 8.77. The summed E-state index contributed by atoms with van der Waals surface area (Å²) in [6.45, 7) is 0.562. The zero-order valence-corrected chi connectivity index (χ0v) is 17.2. The Bertz CT molecular complexity index is 952. The molecule has 0 fully saturated rings. The third-order valence-electron chi connectivity index (χ3n) is 4.40. The first-order chi connectivity index (χ1) is 13.6. The molecular formula is C22H23NO4S. The molecule has 0 saturated heterocycles. The number of methoxy groups -OCH3 is 3. The van der Waals surface area contributed by atoms with E-state index in [1.807, 2.05) is 61.6 Å². The Morgan fingerprint density at radius 1 is 0.893 bits per heavy atom. The van der Waals surface area contributed by atoms with E-state index >= 15 is 0 Å². The minimum atomic E-state index is -0.0143. The maximum absolute atomic E-state index is 12.8. The van der Waals surface area contributed by atoms with E-state index in [-0.39, 0.29) is 5.91 Å². The van der Waals surface area contributed by atoms with Gasteiger partial charge in [-0.05, 0) is 29.8 Å². The van der Waals surface area contributed by atoms with Crippen LogP contribution in [-0.4, -0.2) is 39.2 Å². The van der Waals surface area contributed by atoms with Crippen molar-refractivity contribution >= 4 is 17.2 Å². The van der Waals surface area contributed by atoms with Gasteiger partial charge >= 0.3 is 0 Å². The molecule has 0 atom stereocenters. The number of hydrogen-bond acceptors (Lipinski definition) is 5. The Hall–Kier alpha value is -2.99. The lowest BCUT2D eigenvalue weighted by Gasteiger charge is -2.16. The Morgan fingerprint density at radius 2 is 1.61 bits per heavy atom. The van der Waals surface area contributed by atoms with Gasteiger partial charge in [0.1, 0.15) is 0 Å². The highest BCUT2D eigenvalue weighted by Crippen LogP contribution is 2.45. The second-order valence-electron chi connectivity index (χ2n) is 6.19. The van der Waals surface area contributed by atoms with E-state index in [4.69, 9.17) is 14.2 Å². The number of hydrogen-bond donors (Lipinski definition) is 0. The number of thiophene rings is 1. The molecule has 5 nitrogen and oxygen atoms in total. The Kier molecular flexibility index (Phi) is 6.21. The summed E-state index contributed by atoms with van der Waals surface area (Å²) in [5, 5.41) is 0. The average Bonchev–Trinajstić information content (AvgIpc) is 3.22. The topological polar surface area (TPSA) is 48.0 Å². The highest BCUT2D eigenvalue weighted by Gasteiger charge is 2.20. The van der Waals surface area contributed by atoms with Crippen molar-refractivity contribution in [3.05, 3.63) is 65.0 Å². The number of benzene rings is 2. The van der Waals surface area contributed by atoms with Gasteiger partial charge in [0.2, 0.25) is 5.75 Å². The van der Waals surface area contributed by atoms with Crippen LogP contribution < -0.4 is 14.2 Å². The second kappa shape index (κ2) is 8.80. The standard InChI is InChI=1S/C22H23NO4S/c1-23(14-15-8-6-5-7-9-15)22(24)19-13-12-18(28-19)16-10-11-17(25-2)21(27-4)20(16)26-3/h5-13H,14H2,1-4H3. The largest absolute Gasteiger partial charge is 0.493 e. The molecule has 146 valence electrons. The molecule has 0 spiro atoms. The molecule has 1 aromatic heterocycles. The molecule has 0 unspecified atom stereocenters. The van der Waals surface area contributed by atoms with Gasteiger partial charge in [-0.2, -0.15) is 0 Å². The number of amides is 1. The number of nitrogens with zero attached hydrogens (tertiary/aromatic N) is 1. The van der Waals surface area contributed by atoms with E-state index in [1.54, 1.807) is 26.2 Å². The van der Waals surface area contributed by atoms with Crippen LogP contribution in [0, 0.1) is 0 Å². The number of ether oxygens (including phenoxy) is 3. The molecule has 1 amide bonds. The molecule has 0 aliphatic heterocycles. The molecule has 3 rings (SSSR count). The van der Waals surface area contributed by atoms with Gasteiger partial charge in [-0.25, -0.2) is 0 Å². The van der Waals surface area contributed by atoms with Crippen LogP contribution in [0.5, 0.6) is 17.2 Å². The van der Waals surface area contributed by atoms with Crippen LogP contribution in [0.3, 0.4) is 0 Å². The third kappa shape index (κ3) is 3.97. The Balaban J connectivity index is 1.87. The van der Waals surface area contributed by atoms with E-state index < -0.39 is 0 Å². The summed E-state index contributed by atoms with van der Waals surface area (Å²) < 4.78 is 16.4. The molecule has 1 heterocycles. The molecule has 0 saturated carbocycles. The first kappa shape index (κ1) is 19.8. The zero-order chi connectivity index (χ0) is 20.1. The highest BCUT2D eigenvalue weighted by atomic mass is 32.1. The molecule has 28 heavy (non-hydrogen) atoms. The van der Waals surface area contributed by atoms with Gasteiger partial charge in [-0.15, -0.1) is 11.3 Å². The summed E-state index contributed by atoms with van der Waals surface area (Å²) in [6.07, 6.45) is 0. The van der Waals surface area contributed by atoms with E-state index in [9.17, 15) is 4.79 Å². The van der Waals surface area contributed by atoms with Crippen LogP contribution in [0.4, 0.5) is 0 Å². The van der Waals surface area contributed by atoms with Gasteiger partial charge in [0, 0.05) is 24.0 Å². The van der Waals surface area contributed by atoms with Gasteiger partial charge < -0.3 is 19.1 Å². The molecule has 3 aromatic rings. The lowest BCUT2D eigenvalue weighted by molar-refractivity contribution is 0.0790. The van der Waals surface area contributed by atoms with Crippen molar-refractivity contribution < 1.29 is 19.0 Å². The third-order valence-corrected chi connectivity index (χ3v) is 5.50. The van der Waals surface area contributed by atoms with Crippen molar-refractivity contribution in [2.24, 2.45) is 0 Å². The van der Waals surface area contributed by atoms with Crippen molar-refractivity contribution in [2.75, 3.05) is 28.4 Å². The zero-order valence-electron chi connectivity index (χ0n) is 16.4. The molecule has 0 radical (unpaired) electrons. The molecule has 2 aromatic carbocycles. The summed E-state index contributed by atoms with van der Waals surface area (Å²) in [5.74, 6) is 1.70. The average molecular weight is 397 g/mol. The van der Waals surface area contributed by atoms with Crippen LogP contribution in [-0.2, 0) is 6.54 Å². The molecule has 6 heteroatoms. The molecule has 0 aliphatic carbocycles. The monoisotopic (exact) mass is 397 g/mol. The van der Waals surface area contributed by atoms with Gasteiger partial charge in [0.25, 0.3) is 5.91 Å². The van der Waals surface area contributed by atoms with Crippen molar-refractivity contribution in [3.8, 4) is 27.7 Å². The highest BCUT2D eigenvalue weighted by molar-refractivity contribution is 7.17. The van der Waals surface area contributed by atoms with Crippen molar-refractivity contribution in [2.45, 2.75) is 6.54 Å². The lowest BCUT2D eigenvalue weighted by atomic mass is 10.1. The van der Waals surface area contributed by atoms with E-state index in [0.717, 1.165) is 16.0 Å². The number of carbonyl (C=O) groups excluding carboxylic acids is 1. The van der Waals surface area contributed by atoms with Crippen LogP contribution in [0.1, 0.15) is 15.2 Å². The van der Waals surface area contributed by atoms with E-state index in [2.05, 4.69) is 0 Å². The quantitative estimate of drug-likeness (QED) is 0.579. The van der Waals surface area contributed by atoms with Gasteiger partial charge in [0.15, 0.2) is 11.5 Å². The summed E-state index contributed by atoms with van der Waals surface area (Å²) in [5.41, 5.74) is 1.95. The molecule has 0 aliphatic rings. The fraction of sp³-hybridized carbons (Fsp3) is 0.227. The number of rotatable bonds is 7. The van der Waals surface area contributed by atoms with E-state index in [0.29, 0.717) is 28.7 Å². The molecule has 0 bridgehead atoms. The SMILES string of the molecule is COc1ccc(-c2ccc(C(=O)N(C)Cc3ccccc3)s2)c(OC)c1OC. The maximum Gasteiger partial charge on any atom is 0.263 e. The van der Waals surface area contributed by atoms with E-state index in [1.165, 1.54) is 11.3 Å². The maximum atomic E-state index is 12.8. The summed E-state index contributed by atoms with van der Waals surface area (Å²) in [6, 6.07) is 17.5. The fourth-order valence-corrected chi connectivity index (χ4v) is 4.03. The summed E-state index contributed by atoms with van der Waals surface area (Å²) in [4.78, 5) is 16.1. The smallest absolute Gasteiger partial charge is 0.263 e. The van der Waals surface area contributed by atoms with Gasteiger partial charge in [0.05, 0.1) is 26.2 Å². The van der Waals surface area contributed by atoms with Gasteiger partial charge in [-0.1, -0.05) is 30.3 Å².